The quantitative estimate of drug-likeness (QED) is 0.137. The molecule has 72 heavy (non-hydrogen) atoms. The van der Waals surface area contributed by atoms with Crippen molar-refractivity contribution in [3.8, 4) is 44.5 Å². The fourth-order valence-electron chi connectivity index (χ4n) is 12.2. The Hall–Kier alpha value is -9.30. The average Bonchev–Trinajstić information content (AvgIpc) is 3.77. The Labute approximate surface area is 420 Å². The minimum Gasteiger partial charge on any atom is -0.310 e. The summed E-state index contributed by atoms with van der Waals surface area (Å²) in [5.41, 5.74) is 17.6. The Morgan fingerprint density at radius 3 is 1.46 bits per heavy atom. The van der Waals surface area contributed by atoms with Gasteiger partial charge >= 0.3 is 0 Å². The molecule has 13 aromatic carbocycles. The number of fused-ring (bicyclic) bond motifs is 9. The number of benzene rings is 13. The predicted molar refractivity (Wildman–Crippen MR) is 305 cm³/mol. The van der Waals surface area contributed by atoms with Crippen LogP contribution in [0.4, 0.5) is 17.1 Å². The van der Waals surface area contributed by atoms with Gasteiger partial charge in [-0.2, -0.15) is 0 Å². The van der Waals surface area contributed by atoms with Crippen molar-refractivity contribution < 1.29 is 0 Å². The molecule has 0 fully saturated rings. The van der Waals surface area contributed by atoms with Gasteiger partial charge in [0.05, 0.1) is 11.1 Å². The molecule has 0 atom stereocenters. The molecule has 0 heterocycles. The normalized spacial score (nSPS) is 12.6. The van der Waals surface area contributed by atoms with Gasteiger partial charge in [-0.3, -0.25) is 0 Å². The van der Waals surface area contributed by atoms with Gasteiger partial charge < -0.3 is 4.90 Å². The molecule has 1 nitrogen and oxygen atoms in total. The van der Waals surface area contributed by atoms with Crippen LogP contribution in [0.2, 0.25) is 0 Å². The molecule has 1 aliphatic rings. The van der Waals surface area contributed by atoms with Crippen LogP contribution >= 0.6 is 0 Å². The van der Waals surface area contributed by atoms with E-state index in [1.807, 2.05) is 0 Å². The smallest absolute Gasteiger partial charge is 0.0714 e. The van der Waals surface area contributed by atoms with Crippen molar-refractivity contribution in [2.45, 2.75) is 5.41 Å². The third-order valence-corrected chi connectivity index (χ3v) is 15.3. The molecule has 0 aromatic heterocycles. The van der Waals surface area contributed by atoms with Gasteiger partial charge in [-0.05, 0) is 141 Å². The van der Waals surface area contributed by atoms with Crippen LogP contribution in [0, 0.1) is 0 Å². The van der Waals surface area contributed by atoms with Crippen LogP contribution in [0.1, 0.15) is 22.3 Å². The van der Waals surface area contributed by atoms with Crippen LogP contribution in [0.5, 0.6) is 0 Å². The lowest BCUT2D eigenvalue weighted by Crippen LogP contribution is -2.28. The number of anilines is 3. The van der Waals surface area contributed by atoms with Crippen molar-refractivity contribution >= 4 is 60.2 Å². The summed E-state index contributed by atoms with van der Waals surface area (Å²) >= 11 is 0. The third-order valence-electron chi connectivity index (χ3n) is 15.3. The first-order valence-electron chi connectivity index (χ1n) is 25.0. The van der Waals surface area contributed by atoms with E-state index in [9.17, 15) is 0 Å². The van der Waals surface area contributed by atoms with Crippen LogP contribution in [-0.4, -0.2) is 0 Å². The van der Waals surface area contributed by atoms with Crippen LogP contribution in [-0.2, 0) is 5.41 Å². The van der Waals surface area contributed by atoms with Gasteiger partial charge in [0.15, 0.2) is 0 Å². The summed E-state index contributed by atoms with van der Waals surface area (Å²) in [4.78, 5) is 2.49. The molecule has 0 spiro atoms. The lowest BCUT2D eigenvalue weighted by atomic mass is 9.68. The molecule has 0 radical (unpaired) electrons. The highest BCUT2D eigenvalue weighted by atomic mass is 15.1. The Balaban J connectivity index is 0.984. The first-order valence-corrected chi connectivity index (χ1v) is 25.0. The Bertz CT molecular complexity index is 4140. The van der Waals surface area contributed by atoms with Crippen molar-refractivity contribution in [1.29, 1.82) is 0 Å². The zero-order valence-electron chi connectivity index (χ0n) is 39.6. The van der Waals surface area contributed by atoms with E-state index in [-0.39, 0.29) is 0 Å². The summed E-state index contributed by atoms with van der Waals surface area (Å²) in [6, 6.07) is 105. The van der Waals surface area contributed by atoms with Gasteiger partial charge in [-0.25, -0.2) is 0 Å². The standard InChI is InChI=1S/C71H47N/c1-5-21-50(22-6-1)68-62-31-16-15-30-60(62)61-44-40-52(47-64(61)69(68)51-23-7-2-8-24-51)48-38-41-56(42-39-48)72(57-43-45-59-53(46-57)37-36-49-20-13-14-29-58(49)59)67-35-19-34-66-70(67)63-32-17-18-33-65(63)71(66,54-25-9-3-10-26-54)55-27-11-4-12-28-55/h1-47H. The van der Waals surface area contributed by atoms with Crippen molar-refractivity contribution in [3.63, 3.8) is 0 Å². The molecular weight excluding hydrogens is 867 g/mol. The number of hydrogen-bond donors (Lipinski definition) is 0. The molecule has 13 aromatic rings. The van der Waals surface area contributed by atoms with Gasteiger partial charge in [0, 0.05) is 16.9 Å². The molecule has 1 heteroatoms. The Kier molecular flexibility index (Phi) is 9.82. The van der Waals surface area contributed by atoms with E-state index < -0.39 is 5.41 Å². The maximum atomic E-state index is 2.49. The highest BCUT2D eigenvalue weighted by Gasteiger charge is 2.47. The van der Waals surface area contributed by atoms with E-state index in [0.29, 0.717) is 0 Å². The first kappa shape index (κ1) is 41.7. The van der Waals surface area contributed by atoms with Crippen molar-refractivity contribution in [2.24, 2.45) is 0 Å². The molecule has 1 aliphatic carbocycles. The van der Waals surface area contributed by atoms with Gasteiger partial charge in [-0.15, -0.1) is 0 Å². The lowest BCUT2D eigenvalue weighted by Gasteiger charge is -2.34. The van der Waals surface area contributed by atoms with Gasteiger partial charge in [-0.1, -0.05) is 249 Å². The highest BCUT2D eigenvalue weighted by molar-refractivity contribution is 6.22. The van der Waals surface area contributed by atoms with Crippen molar-refractivity contribution in [1.82, 2.24) is 0 Å². The van der Waals surface area contributed by atoms with Gasteiger partial charge in [0.1, 0.15) is 0 Å². The molecule has 0 aliphatic heterocycles. The molecule has 0 saturated carbocycles. The van der Waals surface area contributed by atoms with E-state index in [2.05, 4.69) is 290 Å². The molecular formula is C71H47N. The molecule has 0 unspecified atom stereocenters. The molecule has 0 amide bonds. The largest absolute Gasteiger partial charge is 0.310 e. The monoisotopic (exact) mass is 913 g/mol. The van der Waals surface area contributed by atoms with Gasteiger partial charge in [0.2, 0.25) is 0 Å². The minimum atomic E-state index is -0.525. The summed E-state index contributed by atoms with van der Waals surface area (Å²) in [5.74, 6) is 0. The van der Waals surface area contributed by atoms with Crippen molar-refractivity contribution in [2.75, 3.05) is 4.90 Å². The van der Waals surface area contributed by atoms with E-state index in [0.717, 1.165) is 22.6 Å². The summed E-state index contributed by atoms with van der Waals surface area (Å²) in [6.45, 7) is 0. The SMILES string of the molecule is c1ccc(-c2c(-c3ccccc3)c3cc(-c4ccc(N(c5ccc6c(ccc7ccccc76)c5)c5cccc6c5-c5ccccc5C6(c5ccccc5)c5ccccc5)cc4)ccc3c3ccccc23)cc1. The Morgan fingerprint density at radius 2 is 0.750 bits per heavy atom. The van der Waals surface area contributed by atoms with E-state index in [1.165, 1.54) is 104 Å². The average molecular weight is 914 g/mol. The van der Waals surface area contributed by atoms with Crippen molar-refractivity contribution in [3.05, 3.63) is 307 Å². The summed E-state index contributed by atoms with van der Waals surface area (Å²) in [6.07, 6.45) is 0. The summed E-state index contributed by atoms with van der Waals surface area (Å²) in [7, 11) is 0. The first-order chi connectivity index (χ1) is 35.7. The second-order valence-corrected chi connectivity index (χ2v) is 19.1. The lowest BCUT2D eigenvalue weighted by molar-refractivity contribution is 0.768. The highest BCUT2D eigenvalue weighted by Crippen LogP contribution is 2.59. The van der Waals surface area contributed by atoms with E-state index >= 15 is 0 Å². The number of nitrogens with zero attached hydrogens (tertiary/aromatic N) is 1. The van der Waals surface area contributed by atoms with Crippen LogP contribution < -0.4 is 4.90 Å². The van der Waals surface area contributed by atoms with Crippen LogP contribution in [0.25, 0.3) is 87.6 Å². The molecule has 336 valence electrons. The molecule has 0 bridgehead atoms. The maximum Gasteiger partial charge on any atom is 0.0714 e. The summed E-state index contributed by atoms with van der Waals surface area (Å²) < 4.78 is 0. The van der Waals surface area contributed by atoms with Crippen LogP contribution in [0.3, 0.4) is 0 Å². The maximum absolute atomic E-state index is 2.49. The topological polar surface area (TPSA) is 3.24 Å². The number of rotatable bonds is 8. The fraction of sp³-hybridized carbons (Fsp3) is 0.0141. The molecule has 0 saturated heterocycles. The number of hydrogen-bond acceptors (Lipinski definition) is 1. The molecule has 0 N–H and O–H groups in total. The zero-order valence-corrected chi connectivity index (χ0v) is 39.6. The minimum absolute atomic E-state index is 0.525. The summed E-state index contributed by atoms with van der Waals surface area (Å²) in [5, 5.41) is 9.96. The van der Waals surface area contributed by atoms with E-state index in [4.69, 9.17) is 0 Å². The second-order valence-electron chi connectivity index (χ2n) is 19.1. The molecule has 14 rings (SSSR count). The second kappa shape index (κ2) is 17.0. The van der Waals surface area contributed by atoms with E-state index in [1.54, 1.807) is 0 Å². The fourth-order valence-corrected chi connectivity index (χ4v) is 12.2. The Morgan fingerprint density at radius 1 is 0.250 bits per heavy atom. The third kappa shape index (κ3) is 6.48. The zero-order chi connectivity index (χ0) is 47.6. The van der Waals surface area contributed by atoms with Crippen LogP contribution in [0.15, 0.2) is 285 Å². The van der Waals surface area contributed by atoms with Gasteiger partial charge in [0.25, 0.3) is 0 Å². The predicted octanol–water partition coefficient (Wildman–Crippen LogP) is 19.1.